The van der Waals surface area contributed by atoms with Crippen LogP contribution in [0.1, 0.15) is 16.1 Å². The van der Waals surface area contributed by atoms with E-state index in [-0.39, 0.29) is 23.9 Å². The number of rotatable bonds is 3. The van der Waals surface area contributed by atoms with Gasteiger partial charge in [-0.1, -0.05) is 29.3 Å². The van der Waals surface area contributed by atoms with Crippen molar-refractivity contribution in [3.8, 4) is 0 Å². The predicted octanol–water partition coefficient (Wildman–Crippen LogP) is 2.12. The molecule has 0 unspecified atom stereocenters. The van der Waals surface area contributed by atoms with E-state index in [0.29, 0.717) is 23.8 Å². The molecule has 1 aliphatic rings. The molecular weight excluding hydrogens is 350 g/mol. The average molecular weight is 368 g/mol. The largest absolute Gasteiger partial charge is 0.356 e. The number of H-pyrrole nitrogens is 1. The molecule has 1 aromatic heterocycles. The van der Waals surface area contributed by atoms with Crippen molar-refractivity contribution in [3.63, 3.8) is 0 Å². The standard InChI is InChI=1S/C16H18ClN3O3S/c1-12-2-4-14(5-3-12)24(22,23)20-8-6-19(7-9-20)16(21)15-10-13(17)11-18-15/h2-5,10-11,18H,6-9H2,1H3. The second-order valence-electron chi connectivity index (χ2n) is 5.74. The van der Waals surface area contributed by atoms with Crippen molar-refractivity contribution in [2.24, 2.45) is 0 Å². The summed E-state index contributed by atoms with van der Waals surface area (Å²) in [6.45, 7) is 3.15. The summed E-state index contributed by atoms with van der Waals surface area (Å²) in [7, 11) is -3.52. The molecule has 1 aliphatic heterocycles. The van der Waals surface area contributed by atoms with Gasteiger partial charge in [-0.2, -0.15) is 4.31 Å². The van der Waals surface area contributed by atoms with Gasteiger partial charge in [0.05, 0.1) is 9.92 Å². The highest BCUT2D eigenvalue weighted by atomic mass is 35.5. The Labute approximate surface area is 146 Å². The molecule has 6 nitrogen and oxygen atoms in total. The van der Waals surface area contributed by atoms with Crippen LogP contribution in [0.4, 0.5) is 0 Å². The van der Waals surface area contributed by atoms with Crippen molar-refractivity contribution in [2.45, 2.75) is 11.8 Å². The number of carbonyl (C=O) groups excluding carboxylic acids is 1. The van der Waals surface area contributed by atoms with Crippen LogP contribution in [0, 0.1) is 6.92 Å². The van der Waals surface area contributed by atoms with E-state index in [1.807, 2.05) is 6.92 Å². The summed E-state index contributed by atoms with van der Waals surface area (Å²) < 4.78 is 26.7. The van der Waals surface area contributed by atoms with Crippen molar-refractivity contribution in [3.05, 3.63) is 52.8 Å². The molecule has 0 aliphatic carbocycles. The van der Waals surface area contributed by atoms with E-state index in [1.165, 1.54) is 4.31 Å². The minimum Gasteiger partial charge on any atom is -0.356 e. The molecule has 3 rings (SSSR count). The van der Waals surface area contributed by atoms with Gasteiger partial charge in [0.15, 0.2) is 0 Å². The van der Waals surface area contributed by atoms with E-state index in [2.05, 4.69) is 4.98 Å². The molecule has 1 aromatic carbocycles. The zero-order valence-corrected chi connectivity index (χ0v) is 14.8. The molecule has 0 spiro atoms. The third kappa shape index (κ3) is 3.33. The lowest BCUT2D eigenvalue weighted by molar-refractivity contribution is 0.0692. The van der Waals surface area contributed by atoms with Crippen molar-refractivity contribution in [1.82, 2.24) is 14.2 Å². The number of aromatic amines is 1. The Hall–Kier alpha value is -1.83. The van der Waals surface area contributed by atoms with Crippen molar-refractivity contribution in [2.75, 3.05) is 26.2 Å². The maximum atomic E-state index is 12.6. The smallest absolute Gasteiger partial charge is 0.270 e. The van der Waals surface area contributed by atoms with Crippen LogP contribution >= 0.6 is 11.6 Å². The maximum absolute atomic E-state index is 12.6. The molecule has 0 saturated carbocycles. The van der Waals surface area contributed by atoms with E-state index < -0.39 is 10.0 Å². The summed E-state index contributed by atoms with van der Waals surface area (Å²) >= 11 is 5.82. The molecule has 1 N–H and O–H groups in total. The van der Waals surface area contributed by atoms with Crippen LogP contribution < -0.4 is 0 Å². The monoisotopic (exact) mass is 367 g/mol. The summed E-state index contributed by atoms with van der Waals surface area (Å²) in [6.07, 6.45) is 1.55. The second kappa shape index (κ2) is 6.58. The van der Waals surface area contributed by atoms with Gasteiger partial charge in [0.2, 0.25) is 10.0 Å². The van der Waals surface area contributed by atoms with E-state index >= 15 is 0 Å². The molecule has 1 fully saturated rings. The van der Waals surface area contributed by atoms with E-state index in [1.54, 1.807) is 41.4 Å². The van der Waals surface area contributed by atoms with Crippen LogP contribution in [0.2, 0.25) is 5.02 Å². The number of carbonyl (C=O) groups is 1. The zero-order valence-electron chi connectivity index (χ0n) is 13.2. The molecule has 0 radical (unpaired) electrons. The first-order chi connectivity index (χ1) is 11.4. The fourth-order valence-corrected chi connectivity index (χ4v) is 4.24. The number of hydrogen-bond acceptors (Lipinski definition) is 3. The van der Waals surface area contributed by atoms with E-state index in [0.717, 1.165) is 5.56 Å². The average Bonchev–Trinajstić information content (AvgIpc) is 3.01. The van der Waals surface area contributed by atoms with E-state index in [4.69, 9.17) is 11.6 Å². The lowest BCUT2D eigenvalue weighted by Gasteiger charge is -2.33. The van der Waals surface area contributed by atoms with Gasteiger partial charge in [-0.3, -0.25) is 4.79 Å². The Balaban J connectivity index is 1.68. The number of aryl methyl sites for hydroxylation is 1. The minimum atomic E-state index is -3.52. The fourth-order valence-electron chi connectivity index (χ4n) is 2.65. The van der Waals surface area contributed by atoms with Gasteiger partial charge in [-0.25, -0.2) is 8.42 Å². The maximum Gasteiger partial charge on any atom is 0.270 e. The predicted molar refractivity (Wildman–Crippen MR) is 91.6 cm³/mol. The van der Waals surface area contributed by atoms with Crippen LogP contribution in [0.3, 0.4) is 0 Å². The SMILES string of the molecule is Cc1ccc(S(=O)(=O)N2CCN(C(=O)c3cc(Cl)c[nH]3)CC2)cc1. The topological polar surface area (TPSA) is 73.5 Å². The Morgan fingerprint density at radius 1 is 1.12 bits per heavy atom. The number of piperazine rings is 1. The van der Waals surface area contributed by atoms with Gasteiger partial charge < -0.3 is 9.88 Å². The van der Waals surface area contributed by atoms with Gasteiger partial charge in [0.25, 0.3) is 5.91 Å². The third-order valence-electron chi connectivity index (χ3n) is 4.06. The molecule has 128 valence electrons. The Morgan fingerprint density at radius 2 is 1.75 bits per heavy atom. The summed E-state index contributed by atoms with van der Waals surface area (Å²) in [5, 5.41) is 0.471. The number of nitrogens with zero attached hydrogens (tertiary/aromatic N) is 2. The van der Waals surface area contributed by atoms with Gasteiger partial charge in [-0.15, -0.1) is 0 Å². The van der Waals surface area contributed by atoms with Gasteiger partial charge >= 0.3 is 0 Å². The number of aromatic nitrogens is 1. The molecule has 0 atom stereocenters. The second-order valence-corrected chi connectivity index (χ2v) is 8.12. The number of benzene rings is 1. The number of halogens is 1. The quantitative estimate of drug-likeness (QED) is 0.903. The van der Waals surface area contributed by atoms with Crippen molar-refractivity contribution < 1.29 is 13.2 Å². The lowest BCUT2D eigenvalue weighted by atomic mass is 10.2. The van der Waals surface area contributed by atoms with Gasteiger partial charge in [0, 0.05) is 32.4 Å². The number of sulfonamides is 1. The highest BCUT2D eigenvalue weighted by Crippen LogP contribution is 2.19. The Bertz CT molecular complexity index is 838. The number of nitrogens with one attached hydrogen (secondary N) is 1. The minimum absolute atomic E-state index is 0.172. The summed E-state index contributed by atoms with van der Waals surface area (Å²) in [4.78, 5) is 17.1. The first-order valence-corrected chi connectivity index (χ1v) is 9.40. The van der Waals surface area contributed by atoms with Crippen LogP contribution in [0.5, 0.6) is 0 Å². The molecule has 2 heterocycles. The summed E-state index contributed by atoms with van der Waals surface area (Å²) in [5.41, 5.74) is 1.42. The van der Waals surface area contributed by atoms with Crippen LogP contribution in [-0.2, 0) is 10.0 Å². The summed E-state index contributed by atoms with van der Waals surface area (Å²) in [6, 6.07) is 8.36. The molecule has 2 aromatic rings. The van der Waals surface area contributed by atoms with Crippen molar-refractivity contribution in [1.29, 1.82) is 0 Å². The first-order valence-electron chi connectivity index (χ1n) is 7.58. The molecule has 24 heavy (non-hydrogen) atoms. The van der Waals surface area contributed by atoms with Crippen LogP contribution in [-0.4, -0.2) is 54.7 Å². The first kappa shape index (κ1) is 17.0. The summed E-state index contributed by atoms with van der Waals surface area (Å²) in [5.74, 6) is -0.172. The van der Waals surface area contributed by atoms with Crippen molar-refractivity contribution >= 4 is 27.5 Å². The van der Waals surface area contributed by atoms with Crippen LogP contribution in [0.15, 0.2) is 41.4 Å². The normalized spacial score (nSPS) is 16.3. The third-order valence-corrected chi connectivity index (χ3v) is 6.19. The fraction of sp³-hybridized carbons (Fsp3) is 0.312. The highest BCUT2D eigenvalue weighted by Gasteiger charge is 2.30. The molecule has 1 saturated heterocycles. The molecular formula is C16H18ClN3O3S. The molecule has 0 bridgehead atoms. The lowest BCUT2D eigenvalue weighted by Crippen LogP contribution is -2.50. The zero-order chi connectivity index (χ0) is 17.3. The Morgan fingerprint density at radius 3 is 2.29 bits per heavy atom. The van der Waals surface area contributed by atoms with Gasteiger partial charge in [-0.05, 0) is 25.1 Å². The highest BCUT2D eigenvalue weighted by molar-refractivity contribution is 7.89. The number of amides is 1. The van der Waals surface area contributed by atoms with Crippen LogP contribution in [0.25, 0.3) is 0 Å². The Kier molecular flexibility index (Phi) is 4.67. The number of hydrogen-bond donors (Lipinski definition) is 1. The molecule has 1 amide bonds. The van der Waals surface area contributed by atoms with E-state index in [9.17, 15) is 13.2 Å². The molecule has 8 heteroatoms. The van der Waals surface area contributed by atoms with Gasteiger partial charge in [0.1, 0.15) is 5.69 Å².